The summed E-state index contributed by atoms with van der Waals surface area (Å²) in [5.74, 6) is 0.727. The van der Waals surface area contributed by atoms with Gasteiger partial charge in [0.1, 0.15) is 24.5 Å². The molecule has 0 aliphatic carbocycles. The Bertz CT molecular complexity index is 596. The van der Waals surface area contributed by atoms with Gasteiger partial charge in [0.15, 0.2) is 0 Å². The van der Waals surface area contributed by atoms with Crippen molar-refractivity contribution in [1.82, 2.24) is 0 Å². The van der Waals surface area contributed by atoms with E-state index in [0.29, 0.717) is 12.2 Å². The quantitative estimate of drug-likeness (QED) is 0.612. The summed E-state index contributed by atoms with van der Waals surface area (Å²) in [4.78, 5) is 11.1. The van der Waals surface area contributed by atoms with E-state index in [9.17, 15) is 4.79 Å². The van der Waals surface area contributed by atoms with Crippen LogP contribution in [-0.4, -0.2) is 38.8 Å². The second-order valence-electron chi connectivity index (χ2n) is 5.32. The summed E-state index contributed by atoms with van der Waals surface area (Å²) in [6.45, 7) is 1.54. The molecule has 4 nitrogen and oxygen atoms in total. The maximum Gasteiger partial charge on any atom is 0.336 e. The van der Waals surface area contributed by atoms with E-state index in [4.69, 9.17) is 9.15 Å². The fourth-order valence-corrected chi connectivity index (χ4v) is 1.57. The number of nitrogens with zero attached hydrogens (tertiary/aromatic N) is 1. The molecule has 0 bridgehead atoms. The van der Waals surface area contributed by atoms with Gasteiger partial charge in [-0.25, -0.2) is 4.79 Å². The summed E-state index contributed by atoms with van der Waals surface area (Å²) >= 11 is 0. The summed E-state index contributed by atoms with van der Waals surface area (Å²) in [5, 5.41) is 0.897. The molecule has 0 atom stereocenters. The molecule has 0 unspecified atom stereocenters. The summed E-state index contributed by atoms with van der Waals surface area (Å²) in [7, 11) is 6.34. The predicted octanol–water partition coefficient (Wildman–Crippen LogP) is 1.88. The monoisotopic (exact) mass is 248 g/mol. The zero-order valence-corrected chi connectivity index (χ0v) is 11.0. The number of hydrogen-bond donors (Lipinski definition) is 0. The van der Waals surface area contributed by atoms with E-state index in [2.05, 4.69) is 21.1 Å². The average Bonchev–Trinajstić information content (AvgIpc) is 2.26. The van der Waals surface area contributed by atoms with Gasteiger partial charge in [-0.3, -0.25) is 0 Å². The number of rotatable bonds is 4. The largest absolute Gasteiger partial charge is 0.488 e. The molecular weight excluding hydrogens is 230 g/mol. The molecule has 0 spiro atoms. The van der Waals surface area contributed by atoms with Gasteiger partial charge < -0.3 is 13.6 Å². The zero-order chi connectivity index (χ0) is 13.2. The number of ether oxygens (including phenoxy) is 1. The van der Waals surface area contributed by atoms with Crippen LogP contribution < -0.4 is 10.4 Å². The van der Waals surface area contributed by atoms with Gasteiger partial charge in [-0.05, 0) is 18.2 Å². The Labute approximate surface area is 106 Å². The van der Waals surface area contributed by atoms with E-state index in [1.807, 2.05) is 12.1 Å². The van der Waals surface area contributed by atoms with Crippen LogP contribution in [0.4, 0.5) is 0 Å². The summed E-state index contributed by atoms with van der Waals surface area (Å²) in [5.41, 5.74) is 0.219. The van der Waals surface area contributed by atoms with Gasteiger partial charge in [-0.15, -0.1) is 0 Å². The minimum absolute atomic E-state index is 0.342. The lowest BCUT2D eigenvalue weighted by molar-refractivity contribution is -0.870. The molecule has 0 saturated carbocycles. The van der Waals surface area contributed by atoms with Crippen molar-refractivity contribution in [2.45, 2.75) is 0 Å². The average molecular weight is 248 g/mol. The van der Waals surface area contributed by atoms with Crippen molar-refractivity contribution in [1.29, 1.82) is 0 Å². The van der Waals surface area contributed by atoms with Gasteiger partial charge in [0.25, 0.3) is 0 Å². The smallest absolute Gasteiger partial charge is 0.336 e. The second-order valence-corrected chi connectivity index (χ2v) is 5.32. The van der Waals surface area contributed by atoms with E-state index in [-0.39, 0.29) is 5.63 Å². The van der Waals surface area contributed by atoms with Crippen LogP contribution in [0.15, 0.2) is 39.5 Å². The lowest BCUT2D eigenvalue weighted by Gasteiger charge is -2.23. The Hall–Kier alpha value is -1.81. The van der Waals surface area contributed by atoms with Crippen LogP contribution in [0, 0.1) is 0 Å². The number of fused-ring (bicyclic) bond motifs is 1. The minimum atomic E-state index is -0.342. The standard InChI is InChI=1S/C14H18NO3/c1-15(2,3)8-9-17-12-6-4-11-5-7-14(16)18-13(11)10-12/h4-7,10H,8-9H2,1-3H3/q+1. The van der Waals surface area contributed by atoms with Crippen molar-refractivity contribution in [2.24, 2.45) is 0 Å². The third-order valence-electron chi connectivity index (χ3n) is 2.63. The molecule has 2 rings (SSSR count). The van der Waals surface area contributed by atoms with Crippen molar-refractivity contribution in [3.63, 3.8) is 0 Å². The van der Waals surface area contributed by atoms with E-state index in [0.717, 1.165) is 22.2 Å². The highest BCUT2D eigenvalue weighted by molar-refractivity contribution is 5.77. The van der Waals surface area contributed by atoms with Gasteiger partial charge in [0.05, 0.1) is 21.1 Å². The van der Waals surface area contributed by atoms with Gasteiger partial charge in [0.2, 0.25) is 0 Å². The van der Waals surface area contributed by atoms with Gasteiger partial charge in [0, 0.05) is 17.5 Å². The number of likely N-dealkylation sites (N-methyl/N-ethyl adjacent to an activating group) is 1. The maximum absolute atomic E-state index is 11.1. The van der Waals surface area contributed by atoms with Crippen LogP contribution in [0.1, 0.15) is 0 Å². The SMILES string of the molecule is C[N+](C)(C)CCOc1ccc2ccc(=O)oc2c1. The summed E-state index contributed by atoms with van der Waals surface area (Å²) < 4.78 is 11.6. The fraction of sp³-hybridized carbons (Fsp3) is 0.357. The lowest BCUT2D eigenvalue weighted by Crippen LogP contribution is -2.38. The molecule has 0 fully saturated rings. The molecular formula is C14H18NO3+. The number of benzene rings is 1. The maximum atomic E-state index is 11.1. The van der Waals surface area contributed by atoms with E-state index in [1.165, 1.54) is 6.07 Å². The van der Waals surface area contributed by atoms with Gasteiger partial charge >= 0.3 is 5.63 Å². The Morgan fingerprint density at radius 3 is 2.61 bits per heavy atom. The van der Waals surface area contributed by atoms with Gasteiger partial charge in [-0.1, -0.05) is 0 Å². The first-order valence-corrected chi connectivity index (χ1v) is 5.91. The Morgan fingerprint density at radius 1 is 1.17 bits per heavy atom. The molecule has 18 heavy (non-hydrogen) atoms. The molecule has 1 aromatic heterocycles. The highest BCUT2D eigenvalue weighted by atomic mass is 16.5. The van der Waals surface area contributed by atoms with Crippen LogP contribution in [-0.2, 0) is 0 Å². The molecule has 4 heteroatoms. The molecule has 0 aliphatic rings. The first-order valence-electron chi connectivity index (χ1n) is 5.91. The van der Waals surface area contributed by atoms with Crippen LogP contribution in [0.2, 0.25) is 0 Å². The van der Waals surface area contributed by atoms with E-state index < -0.39 is 0 Å². The molecule has 0 amide bonds. The van der Waals surface area contributed by atoms with Crippen LogP contribution in [0.3, 0.4) is 0 Å². The number of hydrogen-bond acceptors (Lipinski definition) is 3. The lowest BCUT2D eigenvalue weighted by atomic mass is 10.2. The Balaban J connectivity index is 2.12. The normalized spacial score (nSPS) is 11.7. The van der Waals surface area contributed by atoms with Crippen molar-refractivity contribution < 1.29 is 13.6 Å². The number of quaternary nitrogens is 1. The minimum Gasteiger partial charge on any atom is -0.488 e. The first-order chi connectivity index (χ1) is 8.44. The van der Waals surface area contributed by atoms with E-state index >= 15 is 0 Å². The van der Waals surface area contributed by atoms with Crippen molar-refractivity contribution in [2.75, 3.05) is 34.3 Å². The molecule has 2 aromatic rings. The summed E-state index contributed by atoms with van der Waals surface area (Å²) in [6.07, 6.45) is 0. The van der Waals surface area contributed by atoms with Crippen molar-refractivity contribution in [3.8, 4) is 5.75 Å². The first kappa shape index (κ1) is 12.6. The highest BCUT2D eigenvalue weighted by Crippen LogP contribution is 2.19. The third-order valence-corrected chi connectivity index (χ3v) is 2.63. The van der Waals surface area contributed by atoms with E-state index in [1.54, 1.807) is 12.1 Å². The fourth-order valence-electron chi connectivity index (χ4n) is 1.57. The van der Waals surface area contributed by atoms with Crippen LogP contribution in [0.25, 0.3) is 11.0 Å². The highest BCUT2D eigenvalue weighted by Gasteiger charge is 2.07. The van der Waals surface area contributed by atoms with Crippen LogP contribution >= 0.6 is 0 Å². The molecule has 0 N–H and O–H groups in total. The van der Waals surface area contributed by atoms with Crippen LogP contribution in [0.5, 0.6) is 5.75 Å². The molecule has 0 radical (unpaired) electrons. The Kier molecular flexibility index (Phi) is 3.39. The zero-order valence-electron chi connectivity index (χ0n) is 11.0. The molecule has 1 heterocycles. The van der Waals surface area contributed by atoms with Crippen molar-refractivity contribution >= 4 is 11.0 Å². The van der Waals surface area contributed by atoms with Gasteiger partial charge in [-0.2, -0.15) is 0 Å². The molecule has 0 saturated heterocycles. The second kappa shape index (κ2) is 4.82. The van der Waals surface area contributed by atoms with Crippen molar-refractivity contribution in [3.05, 3.63) is 40.8 Å². The molecule has 0 aliphatic heterocycles. The molecule has 1 aromatic carbocycles. The Morgan fingerprint density at radius 2 is 1.89 bits per heavy atom. The predicted molar refractivity (Wildman–Crippen MR) is 70.9 cm³/mol. The molecule has 96 valence electrons. The third kappa shape index (κ3) is 3.34. The topological polar surface area (TPSA) is 39.4 Å². The summed E-state index contributed by atoms with van der Waals surface area (Å²) in [6, 6.07) is 8.70.